The lowest BCUT2D eigenvalue weighted by Crippen LogP contribution is -2.29. The second-order valence-electron chi connectivity index (χ2n) is 7.57. The Bertz CT molecular complexity index is 1140. The van der Waals surface area contributed by atoms with Crippen LogP contribution in [-0.2, 0) is 4.79 Å². The molecule has 3 aromatic rings. The van der Waals surface area contributed by atoms with Gasteiger partial charge in [-0.3, -0.25) is 14.4 Å². The second-order valence-corrected chi connectivity index (χ2v) is 7.57. The molecule has 4 rings (SSSR count). The Hall–Kier alpha value is -3.93. The van der Waals surface area contributed by atoms with E-state index in [0.29, 0.717) is 17.4 Å². The Balaban J connectivity index is 1.48. The van der Waals surface area contributed by atoms with Crippen molar-refractivity contribution < 1.29 is 19.1 Å². The molecule has 0 spiro atoms. The number of carbonyl (C=O) groups is 3. The molecule has 31 heavy (non-hydrogen) atoms. The summed E-state index contributed by atoms with van der Waals surface area (Å²) in [4.78, 5) is 39.4. The first-order chi connectivity index (χ1) is 15.0. The molecule has 0 aromatic heterocycles. The number of anilines is 2. The van der Waals surface area contributed by atoms with Crippen LogP contribution < -0.4 is 15.0 Å². The molecule has 0 aliphatic carbocycles. The first kappa shape index (κ1) is 20.3. The van der Waals surface area contributed by atoms with Crippen LogP contribution in [0.5, 0.6) is 5.75 Å². The number of imide groups is 1. The molecule has 1 aliphatic rings. The summed E-state index contributed by atoms with van der Waals surface area (Å²) in [6.07, 6.45) is 0. The Kier molecular flexibility index (Phi) is 5.54. The van der Waals surface area contributed by atoms with Gasteiger partial charge in [-0.15, -0.1) is 0 Å². The molecule has 0 bridgehead atoms. The standard InChI is InChI=1S/C25H22N2O4/c1-16(2)17-11-13-19(14-12-17)31-15-22(28)26-21-10-6-9-20-23(21)25(30)27(24(20)29)18-7-4-3-5-8-18/h3-14,16H,15H2,1-2H3,(H,26,28). The Morgan fingerprint density at radius 2 is 1.61 bits per heavy atom. The molecule has 1 aliphatic heterocycles. The van der Waals surface area contributed by atoms with E-state index in [1.54, 1.807) is 42.5 Å². The molecule has 0 fully saturated rings. The number of ether oxygens (including phenoxy) is 1. The van der Waals surface area contributed by atoms with Crippen LogP contribution in [0.4, 0.5) is 11.4 Å². The Morgan fingerprint density at radius 3 is 2.29 bits per heavy atom. The molecule has 1 heterocycles. The number of nitrogens with zero attached hydrogens (tertiary/aromatic N) is 1. The van der Waals surface area contributed by atoms with Gasteiger partial charge in [0.15, 0.2) is 6.61 Å². The summed E-state index contributed by atoms with van der Waals surface area (Å²) >= 11 is 0. The molecule has 6 nitrogen and oxygen atoms in total. The summed E-state index contributed by atoms with van der Waals surface area (Å²) < 4.78 is 5.56. The van der Waals surface area contributed by atoms with Gasteiger partial charge in [-0.1, -0.05) is 50.2 Å². The molecule has 3 amide bonds. The van der Waals surface area contributed by atoms with Crippen LogP contribution in [0.2, 0.25) is 0 Å². The number of rotatable bonds is 6. The Labute approximate surface area is 180 Å². The van der Waals surface area contributed by atoms with Gasteiger partial charge in [0.25, 0.3) is 17.7 Å². The molecule has 0 saturated heterocycles. The number of hydrogen-bond acceptors (Lipinski definition) is 4. The smallest absolute Gasteiger partial charge is 0.268 e. The van der Waals surface area contributed by atoms with Crippen molar-refractivity contribution in [3.8, 4) is 5.75 Å². The van der Waals surface area contributed by atoms with Crippen molar-refractivity contribution in [2.75, 3.05) is 16.8 Å². The minimum absolute atomic E-state index is 0.186. The van der Waals surface area contributed by atoms with Crippen molar-refractivity contribution in [3.63, 3.8) is 0 Å². The number of fused-ring (bicyclic) bond motifs is 1. The van der Waals surface area contributed by atoms with Gasteiger partial charge in [0.2, 0.25) is 0 Å². The normalized spacial score (nSPS) is 12.8. The minimum atomic E-state index is -0.465. The summed E-state index contributed by atoms with van der Waals surface area (Å²) in [6.45, 7) is 3.99. The highest BCUT2D eigenvalue weighted by Gasteiger charge is 2.38. The molecule has 0 saturated carbocycles. The van der Waals surface area contributed by atoms with E-state index in [1.165, 1.54) is 5.56 Å². The third kappa shape index (κ3) is 4.05. The van der Waals surface area contributed by atoms with Gasteiger partial charge in [-0.25, -0.2) is 4.90 Å². The van der Waals surface area contributed by atoms with Crippen molar-refractivity contribution in [2.45, 2.75) is 19.8 Å². The first-order valence-corrected chi connectivity index (χ1v) is 10.0. The van der Waals surface area contributed by atoms with Crippen LogP contribution >= 0.6 is 0 Å². The number of benzene rings is 3. The maximum absolute atomic E-state index is 13.0. The first-order valence-electron chi connectivity index (χ1n) is 10.0. The summed E-state index contributed by atoms with van der Waals surface area (Å²) in [5.41, 5.74) is 2.41. The van der Waals surface area contributed by atoms with Crippen molar-refractivity contribution in [3.05, 3.63) is 89.5 Å². The van der Waals surface area contributed by atoms with Crippen LogP contribution in [0.1, 0.15) is 46.0 Å². The third-order valence-corrected chi connectivity index (χ3v) is 5.12. The van der Waals surface area contributed by atoms with E-state index in [0.717, 1.165) is 4.90 Å². The second kappa shape index (κ2) is 8.44. The molecule has 0 atom stereocenters. The fourth-order valence-electron chi connectivity index (χ4n) is 3.49. The predicted molar refractivity (Wildman–Crippen MR) is 119 cm³/mol. The zero-order chi connectivity index (χ0) is 22.0. The lowest BCUT2D eigenvalue weighted by molar-refractivity contribution is -0.118. The summed E-state index contributed by atoms with van der Waals surface area (Å²) in [6, 6.07) is 21.1. The average Bonchev–Trinajstić information content (AvgIpc) is 3.04. The summed E-state index contributed by atoms with van der Waals surface area (Å²) in [7, 11) is 0. The average molecular weight is 414 g/mol. The van der Waals surface area contributed by atoms with Crippen LogP contribution in [0.3, 0.4) is 0 Å². The largest absolute Gasteiger partial charge is 0.484 e. The van der Waals surface area contributed by atoms with E-state index in [2.05, 4.69) is 19.2 Å². The highest BCUT2D eigenvalue weighted by atomic mass is 16.5. The molecule has 1 N–H and O–H groups in total. The van der Waals surface area contributed by atoms with Gasteiger partial charge in [-0.05, 0) is 47.9 Å². The van der Waals surface area contributed by atoms with E-state index in [4.69, 9.17) is 4.74 Å². The van der Waals surface area contributed by atoms with Gasteiger partial charge in [0, 0.05) is 0 Å². The molecular weight excluding hydrogens is 392 g/mol. The summed E-state index contributed by atoms with van der Waals surface area (Å²) in [5.74, 6) is -0.302. The van der Waals surface area contributed by atoms with Gasteiger partial charge in [0.1, 0.15) is 5.75 Å². The number of carbonyl (C=O) groups excluding carboxylic acids is 3. The quantitative estimate of drug-likeness (QED) is 0.597. The SMILES string of the molecule is CC(C)c1ccc(OCC(=O)Nc2cccc3c2C(=O)N(c2ccccc2)C3=O)cc1. The maximum Gasteiger partial charge on any atom is 0.268 e. The van der Waals surface area contributed by atoms with Gasteiger partial charge < -0.3 is 10.1 Å². The van der Waals surface area contributed by atoms with E-state index in [-0.39, 0.29) is 23.4 Å². The number of para-hydroxylation sites is 1. The number of amides is 3. The third-order valence-electron chi connectivity index (χ3n) is 5.12. The van der Waals surface area contributed by atoms with E-state index in [1.807, 2.05) is 30.3 Å². The molecule has 6 heteroatoms. The van der Waals surface area contributed by atoms with Crippen molar-refractivity contribution in [2.24, 2.45) is 0 Å². The van der Waals surface area contributed by atoms with Gasteiger partial charge in [0.05, 0.1) is 22.5 Å². The van der Waals surface area contributed by atoms with Crippen molar-refractivity contribution in [1.29, 1.82) is 0 Å². The number of hydrogen-bond donors (Lipinski definition) is 1. The van der Waals surface area contributed by atoms with Gasteiger partial charge in [-0.2, -0.15) is 0 Å². The van der Waals surface area contributed by atoms with Crippen LogP contribution in [0, 0.1) is 0 Å². The van der Waals surface area contributed by atoms with Crippen LogP contribution in [0.25, 0.3) is 0 Å². The van der Waals surface area contributed by atoms with Crippen LogP contribution in [-0.4, -0.2) is 24.3 Å². The molecule has 3 aromatic carbocycles. The highest BCUT2D eigenvalue weighted by molar-refractivity contribution is 6.36. The van der Waals surface area contributed by atoms with E-state index in [9.17, 15) is 14.4 Å². The fraction of sp³-hybridized carbons (Fsp3) is 0.160. The predicted octanol–water partition coefficient (Wildman–Crippen LogP) is 4.63. The molecule has 0 unspecified atom stereocenters. The maximum atomic E-state index is 13.0. The van der Waals surface area contributed by atoms with E-state index >= 15 is 0 Å². The zero-order valence-electron chi connectivity index (χ0n) is 17.3. The summed E-state index contributed by atoms with van der Waals surface area (Å²) in [5, 5.41) is 2.70. The fourth-order valence-corrected chi connectivity index (χ4v) is 3.49. The topological polar surface area (TPSA) is 75.7 Å². The lowest BCUT2D eigenvalue weighted by Gasteiger charge is -2.14. The molecule has 156 valence electrons. The van der Waals surface area contributed by atoms with Crippen LogP contribution in [0.15, 0.2) is 72.8 Å². The minimum Gasteiger partial charge on any atom is -0.484 e. The van der Waals surface area contributed by atoms with Gasteiger partial charge >= 0.3 is 0 Å². The number of nitrogens with one attached hydrogen (secondary N) is 1. The van der Waals surface area contributed by atoms with Crippen molar-refractivity contribution >= 4 is 29.1 Å². The molecular formula is C25H22N2O4. The zero-order valence-corrected chi connectivity index (χ0v) is 17.3. The van der Waals surface area contributed by atoms with Crippen molar-refractivity contribution in [1.82, 2.24) is 0 Å². The molecule has 0 radical (unpaired) electrons. The highest BCUT2D eigenvalue weighted by Crippen LogP contribution is 2.32. The monoisotopic (exact) mass is 414 g/mol. The lowest BCUT2D eigenvalue weighted by atomic mass is 10.0. The Morgan fingerprint density at radius 1 is 0.903 bits per heavy atom. The van der Waals surface area contributed by atoms with E-state index < -0.39 is 17.7 Å².